The molecular formula is C16H23NO3. The molecule has 0 aliphatic rings. The van der Waals surface area contributed by atoms with Gasteiger partial charge in [0.1, 0.15) is 0 Å². The zero-order valence-corrected chi connectivity index (χ0v) is 12.0. The third kappa shape index (κ3) is 6.36. The summed E-state index contributed by atoms with van der Waals surface area (Å²) >= 11 is 0. The van der Waals surface area contributed by atoms with Crippen molar-refractivity contribution in [2.75, 3.05) is 6.54 Å². The Morgan fingerprint density at radius 3 is 2.40 bits per heavy atom. The van der Waals surface area contributed by atoms with Crippen LogP contribution in [0.25, 0.3) is 0 Å². The number of benzene rings is 1. The van der Waals surface area contributed by atoms with E-state index in [-0.39, 0.29) is 18.2 Å². The van der Waals surface area contributed by atoms with Gasteiger partial charge in [0.25, 0.3) is 0 Å². The number of rotatable bonds is 9. The number of hydrogen-bond acceptors (Lipinski definition) is 2. The van der Waals surface area contributed by atoms with E-state index in [2.05, 4.69) is 5.32 Å². The third-order valence-corrected chi connectivity index (χ3v) is 3.31. The van der Waals surface area contributed by atoms with Crippen LogP contribution in [0, 0.1) is 0 Å². The number of carbonyl (C=O) groups is 2. The van der Waals surface area contributed by atoms with Gasteiger partial charge < -0.3 is 10.4 Å². The number of aliphatic carboxylic acids is 1. The molecule has 0 fully saturated rings. The van der Waals surface area contributed by atoms with Crippen molar-refractivity contribution in [3.05, 3.63) is 35.9 Å². The first-order valence-electron chi connectivity index (χ1n) is 7.15. The molecule has 0 aliphatic carbocycles. The molecule has 0 aliphatic heterocycles. The second kappa shape index (κ2) is 9.13. The minimum atomic E-state index is -0.741. The number of carbonyl (C=O) groups excluding carboxylic acids is 1. The lowest BCUT2D eigenvalue weighted by molar-refractivity contribution is -0.137. The van der Waals surface area contributed by atoms with Crippen molar-refractivity contribution in [3.8, 4) is 0 Å². The Hall–Kier alpha value is -1.84. The van der Waals surface area contributed by atoms with Crippen molar-refractivity contribution in [2.24, 2.45) is 0 Å². The van der Waals surface area contributed by atoms with Gasteiger partial charge in [0.05, 0.1) is 5.92 Å². The average molecular weight is 277 g/mol. The molecular weight excluding hydrogens is 254 g/mol. The minimum absolute atomic E-state index is 0.0433. The molecule has 4 nitrogen and oxygen atoms in total. The van der Waals surface area contributed by atoms with Gasteiger partial charge in [-0.25, -0.2) is 0 Å². The summed E-state index contributed by atoms with van der Waals surface area (Å²) in [5, 5.41) is 11.4. The first kappa shape index (κ1) is 16.2. The van der Waals surface area contributed by atoms with Gasteiger partial charge in [0, 0.05) is 13.0 Å². The molecule has 0 heterocycles. The van der Waals surface area contributed by atoms with Crippen molar-refractivity contribution >= 4 is 11.9 Å². The number of carboxylic acids is 1. The Kier molecular flexibility index (Phi) is 7.40. The van der Waals surface area contributed by atoms with Crippen LogP contribution in [0.15, 0.2) is 30.3 Å². The van der Waals surface area contributed by atoms with Crippen LogP contribution in [-0.4, -0.2) is 23.5 Å². The van der Waals surface area contributed by atoms with Gasteiger partial charge >= 0.3 is 5.97 Å². The maximum Gasteiger partial charge on any atom is 0.303 e. The quantitative estimate of drug-likeness (QED) is 0.682. The Bertz CT molecular complexity index is 417. The Morgan fingerprint density at radius 2 is 1.75 bits per heavy atom. The van der Waals surface area contributed by atoms with Crippen LogP contribution in [0.3, 0.4) is 0 Å². The van der Waals surface area contributed by atoms with Crippen molar-refractivity contribution in [3.63, 3.8) is 0 Å². The topological polar surface area (TPSA) is 66.4 Å². The maximum atomic E-state index is 11.9. The summed E-state index contributed by atoms with van der Waals surface area (Å²) in [6.45, 7) is 2.56. The Balaban J connectivity index is 2.13. The lowest BCUT2D eigenvalue weighted by atomic mass is 10.0. The zero-order valence-electron chi connectivity index (χ0n) is 12.0. The first-order chi connectivity index (χ1) is 9.61. The molecule has 0 radical (unpaired) electrons. The molecule has 0 spiro atoms. The highest BCUT2D eigenvalue weighted by atomic mass is 16.4. The number of nitrogens with one attached hydrogen (secondary N) is 1. The van der Waals surface area contributed by atoms with Crippen LogP contribution < -0.4 is 5.32 Å². The molecule has 1 atom stereocenters. The van der Waals surface area contributed by atoms with Crippen molar-refractivity contribution < 1.29 is 14.7 Å². The highest BCUT2D eigenvalue weighted by Gasteiger charge is 2.13. The Labute approximate surface area is 120 Å². The van der Waals surface area contributed by atoms with Crippen molar-refractivity contribution in [1.82, 2.24) is 5.32 Å². The predicted octanol–water partition coefficient (Wildman–Crippen LogP) is 2.94. The second-order valence-corrected chi connectivity index (χ2v) is 4.98. The summed E-state index contributed by atoms with van der Waals surface area (Å²) in [4.78, 5) is 22.3. The monoisotopic (exact) mass is 277 g/mol. The smallest absolute Gasteiger partial charge is 0.303 e. The van der Waals surface area contributed by atoms with E-state index in [0.29, 0.717) is 13.0 Å². The van der Waals surface area contributed by atoms with Gasteiger partial charge in [-0.1, -0.05) is 43.2 Å². The molecule has 2 N–H and O–H groups in total. The number of unbranched alkanes of at least 4 members (excludes halogenated alkanes) is 3. The highest BCUT2D eigenvalue weighted by molar-refractivity contribution is 5.83. The normalized spacial score (nSPS) is 11.8. The van der Waals surface area contributed by atoms with Crippen LogP contribution in [0.4, 0.5) is 0 Å². The number of carboxylic acid groups (broad SMARTS) is 1. The average Bonchev–Trinajstić information content (AvgIpc) is 2.45. The molecule has 4 heteroatoms. The van der Waals surface area contributed by atoms with E-state index >= 15 is 0 Å². The molecule has 110 valence electrons. The summed E-state index contributed by atoms with van der Waals surface area (Å²) in [6, 6.07) is 9.71. The SMILES string of the molecule is C[C@H](C(=O)NCCCCCCC(=O)O)c1ccccc1. The number of amides is 1. The van der Waals surface area contributed by atoms with Gasteiger partial charge in [0.15, 0.2) is 0 Å². The largest absolute Gasteiger partial charge is 0.481 e. The number of hydrogen-bond donors (Lipinski definition) is 2. The van der Waals surface area contributed by atoms with Gasteiger partial charge in [-0.15, -0.1) is 0 Å². The van der Waals surface area contributed by atoms with E-state index in [1.165, 1.54) is 0 Å². The van der Waals surface area contributed by atoms with Gasteiger partial charge in [-0.05, 0) is 25.3 Å². The van der Waals surface area contributed by atoms with Crippen LogP contribution >= 0.6 is 0 Å². The van der Waals surface area contributed by atoms with Crippen LogP contribution in [-0.2, 0) is 9.59 Å². The van der Waals surface area contributed by atoms with Crippen molar-refractivity contribution in [1.29, 1.82) is 0 Å². The lowest BCUT2D eigenvalue weighted by Crippen LogP contribution is -2.28. The van der Waals surface area contributed by atoms with Crippen molar-refractivity contribution in [2.45, 2.75) is 44.9 Å². The summed E-state index contributed by atoms with van der Waals surface area (Å²) in [7, 11) is 0. The van der Waals surface area contributed by atoms with Crippen LogP contribution in [0.1, 0.15) is 50.5 Å². The summed E-state index contributed by atoms with van der Waals surface area (Å²) in [5.41, 5.74) is 1.02. The minimum Gasteiger partial charge on any atom is -0.481 e. The fraction of sp³-hybridized carbons (Fsp3) is 0.500. The summed E-state index contributed by atoms with van der Waals surface area (Å²) in [5.74, 6) is -0.833. The molecule has 1 rings (SSSR count). The molecule has 1 aromatic rings. The van der Waals surface area contributed by atoms with Crippen LogP contribution in [0.5, 0.6) is 0 Å². The summed E-state index contributed by atoms with van der Waals surface area (Å²) in [6.07, 6.45) is 3.69. The molecule has 0 saturated carbocycles. The van der Waals surface area contributed by atoms with E-state index in [0.717, 1.165) is 24.8 Å². The van der Waals surface area contributed by atoms with E-state index in [9.17, 15) is 9.59 Å². The van der Waals surface area contributed by atoms with E-state index in [4.69, 9.17) is 5.11 Å². The second-order valence-electron chi connectivity index (χ2n) is 4.98. The molecule has 1 aromatic carbocycles. The van der Waals surface area contributed by atoms with E-state index in [1.807, 2.05) is 37.3 Å². The highest BCUT2D eigenvalue weighted by Crippen LogP contribution is 2.14. The maximum absolute atomic E-state index is 11.9. The van der Waals surface area contributed by atoms with Gasteiger partial charge in [-0.2, -0.15) is 0 Å². The molecule has 0 aromatic heterocycles. The third-order valence-electron chi connectivity index (χ3n) is 3.31. The zero-order chi connectivity index (χ0) is 14.8. The fourth-order valence-corrected chi connectivity index (χ4v) is 2.01. The van der Waals surface area contributed by atoms with Crippen LogP contribution in [0.2, 0.25) is 0 Å². The standard InChI is InChI=1S/C16H23NO3/c1-13(14-9-5-4-6-10-14)16(20)17-12-8-3-2-7-11-15(18)19/h4-6,9-10,13H,2-3,7-8,11-12H2,1H3,(H,17,20)(H,18,19)/t13-/m0/s1. The van der Waals surface area contributed by atoms with E-state index in [1.54, 1.807) is 0 Å². The Morgan fingerprint density at radius 1 is 1.10 bits per heavy atom. The van der Waals surface area contributed by atoms with Gasteiger partial charge in [-0.3, -0.25) is 9.59 Å². The summed E-state index contributed by atoms with van der Waals surface area (Å²) < 4.78 is 0. The molecule has 0 unspecified atom stereocenters. The van der Waals surface area contributed by atoms with E-state index < -0.39 is 5.97 Å². The lowest BCUT2D eigenvalue weighted by Gasteiger charge is -2.12. The molecule has 1 amide bonds. The van der Waals surface area contributed by atoms with Gasteiger partial charge in [0.2, 0.25) is 5.91 Å². The molecule has 0 saturated heterocycles. The first-order valence-corrected chi connectivity index (χ1v) is 7.15. The predicted molar refractivity (Wildman–Crippen MR) is 78.6 cm³/mol. The molecule has 0 bridgehead atoms. The molecule has 20 heavy (non-hydrogen) atoms. The fourth-order valence-electron chi connectivity index (χ4n) is 2.01.